The number of nitrogens with zero attached hydrogens (tertiary/aromatic N) is 1. The van der Waals surface area contributed by atoms with Gasteiger partial charge >= 0.3 is 0 Å². The number of hydrogen-bond acceptors (Lipinski definition) is 3. The summed E-state index contributed by atoms with van der Waals surface area (Å²) in [6, 6.07) is 3.23. The number of hydrogen-bond donors (Lipinski definition) is 1. The van der Waals surface area contributed by atoms with Crippen molar-refractivity contribution in [3.05, 3.63) is 45.0 Å². The smallest absolute Gasteiger partial charge is 0.292 e. The molecule has 0 unspecified atom stereocenters. The number of anilines is 1. The molecule has 0 saturated heterocycles. The van der Waals surface area contributed by atoms with Crippen molar-refractivity contribution in [1.29, 1.82) is 0 Å². The van der Waals surface area contributed by atoms with Crippen LogP contribution in [-0.2, 0) is 0 Å². The molecule has 90 valence electrons. The van der Waals surface area contributed by atoms with Gasteiger partial charge in [-0.15, -0.1) is 0 Å². The number of halogens is 1. The second kappa shape index (κ2) is 4.75. The van der Waals surface area contributed by atoms with E-state index in [-0.39, 0.29) is 16.7 Å². The quantitative estimate of drug-likeness (QED) is 0.507. The Hall–Kier alpha value is -1.55. The van der Waals surface area contributed by atoms with Crippen molar-refractivity contribution in [1.82, 2.24) is 0 Å². The van der Waals surface area contributed by atoms with E-state index in [1.165, 1.54) is 6.07 Å². The first-order valence-corrected chi connectivity index (χ1v) is 5.82. The van der Waals surface area contributed by atoms with Crippen LogP contribution in [0.25, 0.3) is 0 Å². The lowest BCUT2D eigenvalue weighted by molar-refractivity contribution is -0.384. The van der Waals surface area contributed by atoms with Crippen molar-refractivity contribution >= 4 is 23.0 Å². The molecule has 4 nitrogen and oxygen atoms in total. The maximum absolute atomic E-state index is 11.0. The number of benzene rings is 1. The first kappa shape index (κ1) is 11.9. The van der Waals surface area contributed by atoms with Crippen LogP contribution in [0.1, 0.15) is 18.4 Å². The van der Waals surface area contributed by atoms with Crippen LogP contribution in [0.2, 0.25) is 5.02 Å². The molecule has 17 heavy (non-hydrogen) atoms. The number of nitro groups is 1. The minimum absolute atomic E-state index is 0.0822. The molecule has 1 aromatic rings. The van der Waals surface area contributed by atoms with E-state index in [0.717, 1.165) is 18.4 Å². The molecule has 0 saturated carbocycles. The minimum Gasteiger partial charge on any atom is -0.376 e. The van der Waals surface area contributed by atoms with Gasteiger partial charge < -0.3 is 5.32 Å². The van der Waals surface area contributed by atoms with Gasteiger partial charge in [0.05, 0.1) is 4.92 Å². The summed E-state index contributed by atoms with van der Waals surface area (Å²) in [6.45, 7) is 1.79. The first-order valence-electron chi connectivity index (χ1n) is 5.44. The van der Waals surface area contributed by atoms with E-state index in [1.807, 2.05) is 0 Å². The Morgan fingerprint density at radius 3 is 2.65 bits per heavy atom. The molecule has 2 rings (SSSR count). The van der Waals surface area contributed by atoms with Crippen LogP contribution < -0.4 is 5.32 Å². The third kappa shape index (κ3) is 2.42. The largest absolute Gasteiger partial charge is 0.376 e. The maximum Gasteiger partial charge on any atom is 0.292 e. The summed E-state index contributed by atoms with van der Waals surface area (Å²) in [6.07, 6.45) is 5.93. The monoisotopic (exact) mass is 252 g/mol. The highest BCUT2D eigenvalue weighted by Crippen LogP contribution is 2.34. The molecule has 0 heterocycles. The predicted octanol–water partition coefficient (Wildman–Crippen LogP) is 3.69. The van der Waals surface area contributed by atoms with Crippen molar-refractivity contribution in [3.8, 4) is 0 Å². The Balaban J connectivity index is 2.35. The third-order valence-electron chi connectivity index (χ3n) is 2.93. The molecule has 1 aliphatic rings. The van der Waals surface area contributed by atoms with Crippen molar-refractivity contribution in [2.45, 2.75) is 25.8 Å². The average molecular weight is 253 g/mol. The standard InChI is InChI=1S/C12H13ClN2O2/c1-8-10(13)6-7-11(15(16)17)12(8)14-9-4-2-3-5-9/h2-3,6-7,9,14H,4-5H2,1H3. The molecule has 1 aromatic carbocycles. The van der Waals surface area contributed by atoms with Gasteiger partial charge in [-0.3, -0.25) is 10.1 Å². The second-order valence-corrected chi connectivity index (χ2v) is 4.51. The summed E-state index contributed by atoms with van der Waals surface area (Å²) in [4.78, 5) is 10.6. The topological polar surface area (TPSA) is 55.2 Å². The summed E-state index contributed by atoms with van der Waals surface area (Å²) in [7, 11) is 0. The summed E-state index contributed by atoms with van der Waals surface area (Å²) >= 11 is 6.00. The molecule has 0 spiro atoms. The minimum atomic E-state index is -0.381. The summed E-state index contributed by atoms with van der Waals surface area (Å²) in [5, 5.41) is 14.7. The molecule has 0 radical (unpaired) electrons. The Morgan fingerprint density at radius 2 is 2.06 bits per heavy atom. The number of rotatable bonds is 3. The van der Waals surface area contributed by atoms with Crippen molar-refractivity contribution < 1.29 is 4.92 Å². The van der Waals surface area contributed by atoms with E-state index in [1.54, 1.807) is 13.0 Å². The van der Waals surface area contributed by atoms with Crippen molar-refractivity contribution in [2.75, 3.05) is 5.32 Å². The summed E-state index contributed by atoms with van der Waals surface area (Å²) in [5.41, 5.74) is 1.35. The van der Waals surface area contributed by atoms with E-state index < -0.39 is 0 Å². The zero-order chi connectivity index (χ0) is 12.4. The van der Waals surface area contributed by atoms with Gasteiger partial charge in [-0.05, 0) is 31.4 Å². The SMILES string of the molecule is Cc1c(Cl)ccc([N+](=O)[O-])c1NC1CC=CC1. The van der Waals surface area contributed by atoms with Gasteiger partial charge in [-0.25, -0.2) is 0 Å². The van der Waals surface area contributed by atoms with Crippen LogP contribution in [0.15, 0.2) is 24.3 Å². The molecular weight excluding hydrogens is 240 g/mol. The molecule has 0 fully saturated rings. The molecular formula is C12H13ClN2O2. The summed E-state index contributed by atoms with van der Waals surface area (Å²) in [5.74, 6) is 0. The normalized spacial score (nSPS) is 15.2. The first-order chi connectivity index (χ1) is 8.09. The highest BCUT2D eigenvalue weighted by Gasteiger charge is 2.21. The Bertz CT molecular complexity index is 478. The fourth-order valence-corrected chi connectivity index (χ4v) is 2.10. The van der Waals surface area contributed by atoms with Crippen molar-refractivity contribution in [2.24, 2.45) is 0 Å². The molecule has 0 amide bonds. The Morgan fingerprint density at radius 1 is 1.41 bits per heavy atom. The van der Waals surface area contributed by atoms with Gasteiger partial charge in [-0.2, -0.15) is 0 Å². The highest BCUT2D eigenvalue weighted by molar-refractivity contribution is 6.31. The van der Waals surface area contributed by atoms with E-state index in [0.29, 0.717) is 10.7 Å². The molecule has 0 aliphatic heterocycles. The maximum atomic E-state index is 11.0. The lowest BCUT2D eigenvalue weighted by atomic mass is 10.1. The van der Waals surface area contributed by atoms with E-state index >= 15 is 0 Å². The Kier molecular flexibility index (Phi) is 3.33. The van der Waals surface area contributed by atoms with Gasteiger partial charge in [0.25, 0.3) is 5.69 Å². The molecule has 0 bridgehead atoms. The predicted molar refractivity (Wildman–Crippen MR) is 68.6 cm³/mol. The van der Waals surface area contributed by atoms with Gasteiger partial charge in [0, 0.05) is 17.1 Å². The Labute approximate surface area is 104 Å². The van der Waals surface area contributed by atoms with E-state index in [9.17, 15) is 10.1 Å². The van der Waals surface area contributed by atoms with E-state index in [2.05, 4.69) is 17.5 Å². The van der Waals surface area contributed by atoms with Gasteiger partial charge in [0.2, 0.25) is 0 Å². The van der Waals surface area contributed by atoms with Crippen LogP contribution in [0.4, 0.5) is 11.4 Å². The number of nitro benzene ring substituents is 1. The van der Waals surface area contributed by atoms with Gasteiger partial charge in [0.15, 0.2) is 0 Å². The van der Waals surface area contributed by atoms with Crippen LogP contribution in [0.5, 0.6) is 0 Å². The van der Waals surface area contributed by atoms with Crippen LogP contribution in [0.3, 0.4) is 0 Å². The van der Waals surface area contributed by atoms with Gasteiger partial charge in [-0.1, -0.05) is 23.8 Å². The van der Waals surface area contributed by atoms with Crippen LogP contribution in [-0.4, -0.2) is 11.0 Å². The fourth-order valence-electron chi connectivity index (χ4n) is 1.95. The second-order valence-electron chi connectivity index (χ2n) is 4.11. The molecule has 0 aromatic heterocycles. The highest BCUT2D eigenvalue weighted by atomic mass is 35.5. The fraction of sp³-hybridized carbons (Fsp3) is 0.333. The van der Waals surface area contributed by atoms with Crippen LogP contribution in [0, 0.1) is 17.0 Å². The molecule has 1 aliphatic carbocycles. The van der Waals surface area contributed by atoms with Gasteiger partial charge in [0.1, 0.15) is 5.69 Å². The number of nitrogens with one attached hydrogen (secondary N) is 1. The molecule has 0 atom stereocenters. The third-order valence-corrected chi connectivity index (χ3v) is 3.34. The zero-order valence-electron chi connectivity index (χ0n) is 9.44. The zero-order valence-corrected chi connectivity index (χ0v) is 10.2. The average Bonchev–Trinajstić information content (AvgIpc) is 2.77. The van der Waals surface area contributed by atoms with E-state index in [4.69, 9.17) is 11.6 Å². The summed E-state index contributed by atoms with van der Waals surface area (Å²) < 4.78 is 0. The van der Waals surface area contributed by atoms with Crippen molar-refractivity contribution in [3.63, 3.8) is 0 Å². The lowest BCUT2D eigenvalue weighted by Crippen LogP contribution is -2.17. The molecule has 1 N–H and O–H groups in total. The van der Waals surface area contributed by atoms with Crippen LogP contribution >= 0.6 is 11.6 Å². The lowest BCUT2D eigenvalue weighted by Gasteiger charge is -2.16. The molecule has 5 heteroatoms.